The monoisotopic (exact) mass is 302 g/mol. The molecule has 0 radical (unpaired) electrons. The molecule has 1 N–H and O–H groups in total. The van der Waals surface area contributed by atoms with Crippen molar-refractivity contribution in [3.05, 3.63) is 34.9 Å². The van der Waals surface area contributed by atoms with Crippen molar-refractivity contribution in [2.24, 2.45) is 0 Å². The van der Waals surface area contributed by atoms with Gasteiger partial charge in [0.25, 0.3) is 0 Å². The van der Waals surface area contributed by atoms with Gasteiger partial charge in [-0.1, -0.05) is 6.07 Å². The zero-order chi connectivity index (χ0) is 16.8. The fourth-order valence-corrected chi connectivity index (χ4v) is 1.97. The number of allylic oxidation sites excluding steroid dienone is 1. The van der Waals surface area contributed by atoms with Gasteiger partial charge in [0, 0.05) is 12.6 Å². The molecular weight excluding hydrogens is 280 g/mol. The molecule has 5 heteroatoms. The lowest BCUT2D eigenvalue weighted by Crippen LogP contribution is -2.32. The van der Waals surface area contributed by atoms with Crippen LogP contribution in [0, 0.1) is 18.3 Å². The Morgan fingerprint density at radius 3 is 2.64 bits per heavy atom. The Hall–Kier alpha value is -2.48. The van der Waals surface area contributed by atoms with Gasteiger partial charge in [-0.15, -0.1) is 0 Å². The van der Waals surface area contributed by atoms with Crippen molar-refractivity contribution in [2.75, 3.05) is 7.11 Å². The maximum Gasteiger partial charge on any atom is 0.407 e. The minimum atomic E-state index is -0.538. The topological polar surface area (TPSA) is 71.3 Å². The van der Waals surface area contributed by atoms with Crippen LogP contribution in [0.25, 0.3) is 6.08 Å². The van der Waals surface area contributed by atoms with Crippen LogP contribution in [0.5, 0.6) is 5.75 Å². The maximum atomic E-state index is 11.7. The number of amides is 1. The molecule has 0 saturated carbocycles. The predicted octanol–water partition coefficient (Wildman–Crippen LogP) is 3.57. The second-order valence-electron chi connectivity index (χ2n) is 5.78. The minimum absolute atomic E-state index is 0.310. The van der Waals surface area contributed by atoms with Crippen LogP contribution in [-0.4, -0.2) is 18.8 Å². The number of rotatable bonds is 4. The first-order valence-electron chi connectivity index (χ1n) is 6.98. The zero-order valence-electron chi connectivity index (χ0n) is 13.7. The highest BCUT2D eigenvalue weighted by Gasteiger charge is 2.16. The van der Waals surface area contributed by atoms with E-state index in [1.807, 2.05) is 45.9 Å². The van der Waals surface area contributed by atoms with Crippen molar-refractivity contribution in [1.82, 2.24) is 5.32 Å². The Kier molecular flexibility index (Phi) is 6.00. The Morgan fingerprint density at radius 1 is 1.41 bits per heavy atom. The van der Waals surface area contributed by atoms with Gasteiger partial charge in [-0.25, -0.2) is 4.79 Å². The van der Waals surface area contributed by atoms with Crippen LogP contribution in [0.2, 0.25) is 0 Å². The predicted molar refractivity (Wildman–Crippen MR) is 85.5 cm³/mol. The third kappa shape index (κ3) is 5.13. The Balaban J connectivity index is 2.95. The van der Waals surface area contributed by atoms with E-state index in [1.165, 1.54) is 6.08 Å². The van der Waals surface area contributed by atoms with Gasteiger partial charge in [0.15, 0.2) is 0 Å². The molecule has 0 aromatic heterocycles. The first kappa shape index (κ1) is 17.6. The number of nitriles is 1. The minimum Gasteiger partial charge on any atom is -0.496 e. The van der Waals surface area contributed by atoms with E-state index in [2.05, 4.69) is 5.32 Å². The summed E-state index contributed by atoms with van der Waals surface area (Å²) >= 11 is 0. The van der Waals surface area contributed by atoms with Gasteiger partial charge in [-0.05, 0) is 56.5 Å². The molecule has 5 nitrogen and oxygen atoms in total. The van der Waals surface area contributed by atoms with Gasteiger partial charge in [-0.3, -0.25) is 0 Å². The third-order valence-electron chi connectivity index (χ3n) is 2.92. The summed E-state index contributed by atoms with van der Waals surface area (Å²) in [5.41, 5.74) is 2.12. The standard InChI is InChI=1S/C17H22N2O3/c1-12-14(7-6-10-18)13(8-9-15(12)21-5)11-19-16(20)22-17(2,3)4/h6-9H,11H2,1-5H3,(H,19,20)/b7-6+. The van der Waals surface area contributed by atoms with Crippen LogP contribution < -0.4 is 10.1 Å². The van der Waals surface area contributed by atoms with E-state index >= 15 is 0 Å². The quantitative estimate of drug-likeness (QED) is 0.863. The first-order chi connectivity index (χ1) is 10.3. The number of nitrogens with one attached hydrogen (secondary N) is 1. The molecule has 0 aliphatic rings. The highest BCUT2D eigenvalue weighted by Crippen LogP contribution is 2.26. The largest absolute Gasteiger partial charge is 0.496 e. The zero-order valence-corrected chi connectivity index (χ0v) is 13.7. The summed E-state index contributed by atoms with van der Waals surface area (Å²) in [6.07, 6.45) is 2.64. The number of benzene rings is 1. The molecule has 1 amide bonds. The number of carbonyl (C=O) groups is 1. The summed E-state index contributed by atoms with van der Waals surface area (Å²) in [5, 5.41) is 11.4. The van der Waals surface area contributed by atoms with Gasteiger partial charge in [0.2, 0.25) is 0 Å². The van der Waals surface area contributed by atoms with Crippen molar-refractivity contribution in [3.8, 4) is 11.8 Å². The lowest BCUT2D eigenvalue weighted by molar-refractivity contribution is 0.0523. The molecule has 1 rings (SSSR count). The van der Waals surface area contributed by atoms with Crippen LogP contribution in [0.1, 0.15) is 37.5 Å². The van der Waals surface area contributed by atoms with Gasteiger partial charge in [-0.2, -0.15) is 5.26 Å². The highest BCUT2D eigenvalue weighted by atomic mass is 16.6. The van der Waals surface area contributed by atoms with E-state index in [0.29, 0.717) is 6.54 Å². The van der Waals surface area contributed by atoms with Crippen molar-refractivity contribution in [3.63, 3.8) is 0 Å². The summed E-state index contributed by atoms with van der Waals surface area (Å²) in [5.74, 6) is 0.735. The molecule has 0 aliphatic carbocycles. The Labute approximate surface area is 131 Å². The second-order valence-corrected chi connectivity index (χ2v) is 5.78. The molecule has 118 valence electrons. The van der Waals surface area contributed by atoms with Crippen molar-refractivity contribution < 1.29 is 14.3 Å². The number of hydrogen-bond donors (Lipinski definition) is 1. The normalized spacial score (nSPS) is 11.1. The van der Waals surface area contributed by atoms with Gasteiger partial charge < -0.3 is 14.8 Å². The third-order valence-corrected chi connectivity index (χ3v) is 2.92. The molecule has 0 spiro atoms. The van der Waals surface area contributed by atoms with Crippen LogP contribution in [0.3, 0.4) is 0 Å². The summed E-state index contributed by atoms with van der Waals surface area (Å²) in [6, 6.07) is 5.67. The van der Waals surface area contributed by atoms with E-state index in [9.17, 15) is 4.79 Å². The summed E-state index contributed by atoms with van der Waals surface area (Å²) < 4.78 is 10.5. The molecule has 22 heavy (non-hydrogen) atoms. The molecular formula is C17H22N2O3. The summed E-state index contributed by atoms with van der Waals surface area (Å²) in [6.45, 7) is 7.65. The lowest BCUT2D eigenvalue weighted by Gasteiger charge is -2.20. The molecule has 0 heterocycles. The van der Waals surface area contributed by atoms with Crippen LogP contribution in [-0.2, 0) is 11.3 Å². The van der Waals surface area contributed by atoms with E-state index in [4.69, 9.17) is 14.7 Å². The summed E-state index contributed by atoms with van der Waals surface area (Å²) in [4.78, 5) is 11.7. The van der Waals surface area contributed by atoms with E-state index in [0.717, 1.165) is 22.4 Å². The van der Waals surface area contributed by atoms with Crippen molar-refractivity contribution in [1.29, 1.82) is 5.26 Å². The van der Waals surface area contributed by atoms with Crippen molar-refractivity contribution in [2.45, 2.75) is 39.8 Å². The number of alkyl carbamates (subject to hydrolysis) is 1. The first-order valence-corrected chi connectivity index (χ1v) is 6.98. The number of carbonyl (C=O) groups excluding carboxylic acids is 1. The molecule has 1 aromatic carbocycles. The Bertz CT molecular complexity index is 608. The maximum absolute atomic E-state index is 11.7. The van der Waals surface area contributed by atoms with Gasteiger partial charge >= 0.3 is 6.09 Å². The van der Waals surface area contributed by atoms with E-state index in [-0.39, 0.29) is 0 Å². The molecule has 0 bridgehead atoms. The molecule has 0 aliphatic heterocycles. The van der Waals surface area contributed by atoms with Gasteiger partial charge in [0.1, 0.15) is 11.4 Å². The SMILES string of the molecule is COc1ccc(CNC(=O)OC(C)(C)C)c(/C=C/C#N)c1C. The molecule has 0 fully saturated rings. The fraction of sp³-hybridized carbons (Fsp3) is 0.412. The molecule has 0 atom stereocenters. The Morgan fingerprint density at radius 2 is 2.09 bits per heavy atom. The van der Waals surface area contributed by atoms with E-state index in [1.54, 1.807) is 13.2 Å². The average Bonchev–Trinajstić information content (AvgIpc) is 2.42. The van der Waals surface area contributed by atoms with Crippen LogP contribution >= 0.6 is 0 Å². The van der Waals surface area contributed by atoms with E-state index < -0.39 is 11.7 Å². The van der Waals surface area contributed by atoms with Gasteiger partial charge in [0.05, 0.1) is 13.2 Å². The number of ether oxygens (including phenoxy) is 2. The number of hydrogen-bond acceptors (Lipinski definition) is 4. The lowest BCUT2D eigenvalue weighted by atomic mass is 10.0. The molecule has 0 unspecified atom stereocenters. The molecule has 1 aromatic rings. The smallest absolute Gasteiger partial charge is 0.407 e. The second kappa shape index (κ2) is 7.51. The van der Waals surface area contributed by atoms with Crippen molar-refractivity contribution >= 4 is 12.2 Å². The highest BCUT2D eigenvalue weighted by molar-refractivity contribution is 5.69. The van der Waals surface area contributed by atoms with Crippen LogP contribution in [0.4, 0.5) is 4.79 Å². The van der Waals surface area contributed by atoms with Crippen LogP contribution in [0.15, 0.2) is 18.2 Å². The number of nitrogens with zero attached hydrogens (tertiary/aromatic N) is 1. The fourth-order valence-electron chi connectivity index (χ4n) is 1.97. The average molecular weight is 302 g/mol. The number of methoxy groups -OCH3 is 1. The molecule has 0 saturated heterocycles. The summed E-state index contributed by atoms with van der Waals surface area (Å²) in [7, 11) is 1.60.